The lowest BCUT2D eigenvalue weighted by atomic mass is 10.1. The van der Waals surface area contributed by atoms with E-state index in [1.54, 1.807) is 11.8 Å². The highest BCUT2D eigenvalue weighted by molar-refractivity contribution is 7.99. The highest BCUT2D eigenvalue weighted by Gasteiger charge is 2.21. The molecule has 0 unspecified atom stereocenters. The molecule has 10 heteroatoms. The maximum atomic E-state index is 12.2. The number of carbonyl (C=O) groups excluding carboxylic acids is 2. The van der Waals surface area contributed by atoms with Crippen molar-refractivity contribution in [3.8, 4) is 0 Å². The van der Waals surface area contributed by atoms with E-state index in [-0.39, 0.29) is 12.6 Å². The molecule has 8 nitrogen and oxygen atoms in total. The van der Waals surface area contributed by atoms with Gasteiger partial charge in [0.1, 0.15) is 6.10 Å². The van der Waals surface area contributed by atoms with Crippen LogP contribution in [0, 0.1) is 0 Å². The van der Waals surface area contributed by atoms with Gasteiger partial charge < -0.3 is 19.3 Å². The molecule has 0 aliphatic heterocycles. The van der Waals surface area contributed by atoms with Crippen molar-refractivity contribution < 1.29 is 37.9 Å². The van der Waals surface area contributed by atoms with Gasteiger partial charge >= 0.3 is 13.8 Å². The quantitative estimate of drug-likeness (QED) is 0.0516. The maximum Gasteiger partial charge on any atom is 0.469 e. The average molecular weight is 541 g/mol. The molecule has 0 aromatic rings. The molecule has 35 heavy (non-hydrogen) atoms. The Labute approximate surface area is 216 Å². The SMILES string of the molecule is CCCCCCCCCCCCCC(=O)O[C@H](COP(=O)(O)O)CSCCCCCCCOC=O. The summed E-state index contributed by atoms with van der Waals surface area (Å²) in [5.41, 5.74) is 0. The van der Waals surface area contributed by atoms with E-state index < -0.39 is 13.9 Å². The molecule has 208 valence electrons. The van der Waals surface area contributed by atoms with Crippen molar-refractivity contribution in [3.63, 3.8) is 0 Å². The molecular weight excluding hydrogens is 491 g/mol. The summed E-state index contributed by atoms with van der Waals surface area (Å²) >= 11 is 1.59. The van der Waals surface area contributed by atoms with Gasteiger partial charge in [-0.05, 0) is 25.0 Å². The molecule has 0 heterocycles. The number of phosphoric ester groups is 1. The molecule has 0 fully saturated rings. The zero-order chi connectivity index (χ0) is 26.0. The van der Waals surface area contributed by atoms with Crippen LogP contribution in [0.5, 0.6) is 0 Å². The molecule has 0 aliphatic carbocycles. The third-order valence-electron chi connectivity index (χ3n) is 5.63. The van der Waals surface area contributed by atoms with E-state index >= 15 is 0 Å². The molecule has 0 aromatic heterocycles. The minimum absolute atomic E-state index is 0.308. The molecule has 0 spiro atoms. The van der Waals surface area contributed by atoms with Crippen LogP contribution in [0.15, 0.2) is 0 Å². The van der Waals surface area contributed by atoms with Gasteiger partial charge in [0.2, 0.25) is 0 Å². The van der Waals surface area contributed by atoms with Gasteiger partial charge in [0.05, 0.1) is 13.2 Å². The number of carbonyl (C=O) groups is 2. The lowest BCUT2D eigenvalue weighted by Crippen LogP contribution is -2.25. The topological polar surface area (TPSA) is 119 Å². The first-order valence-corrected chi connectivity index (χ1v) is 16.1. The molecule has 0 bridgehead atoms. The second-order valence-electron chi connectivity index (χ2n) is 8.99. The zero-order valence-corrected chi connectivity index (χ0v) is 23.4. The van der Waals surface area contributed by atoms with E-state index in [9.17, 15) is 14.2 Å². The molecule has 0 amide bonds. The smallest absolute Gasteiger partial charge is 0.468 e. The molecule has 0 saturated heterocycles. The lowest BCUT2D eigenvalue weighted by molar-refractivity contribution is -0.149. The van der Waals surface area contributed by atoms with Crippen molar-refractivity contribution in [1.82, 2.24) is 0 Å². The molecular formula is C25H49O8PS. The highest BCUT2D eigenvalue weighted by Crippen LogP contribution is 2.36. The van der Waals surface area contributed by atoms with Crippen LogP contribution in [0.3, 0.4) is 0 Å². The van der Waals surface area contributed by atoms with Gasteiger partial charge in [-0.15, -0.1) is 0 Å². The Hall–Kier alpha value is -0.600. The maximum absolute atomic E-state index is 12.2. The van der Waals surface area contributed by atoms with Crippen molar-refractivity contribution in [2.75, 3.05) is 24.7 Å². The van der Waals surface area contributed by atoms with Crippen LogP contribution in [0.4, 0.5) is 0 Å². The van der Waals surface area contributed by atoms with Crippen molar-refractivity contribution in [2.24, 2.45) is 0 Å². The molecule has 0 aromatic carbocycles. The van der Waals surface area contributed by atoms with Gasteiger partial charge in [-0.1, -0.05) is 90.4 Å². The normalized spacial score (nSPS) is 12.4. The van der Waals surface area contributed by atoms with E-state index in [4.69, 9.17) is 14.5 Å². The van der Waals surface area contributed by atoms with Gasteiger partial charge in [-0.2, -0.15) is 11.8 Å². The summed E-state index contributed by atoms with van der Waals surface area (Å²) in [6.45, 7) is 2.85. The Bertz CT molecular complexity index is 544. The zero-order valence-electron chi connectivity index (χ0n) is 21.7. The second kappa shape index (κ2) is 25.1. The summed E-state index contributed by atoms with van der Waals surface area (Å²) in [6.07, 6.45) is 17.9. The van der Waals surface area contributed by atoms with E-state index in [0.29, 0.717) is 25.3 Å². The lowest BCUT2D eigenvalue weighted by Gasteiger charge is -2.18. The van der Waals surface area contributed by atoms with Crippen LogP contribution >= 0.6 is 19.6 Å². The standard InChI is InChI=1S/C25H49O8PS/c1-2-3-4-5-6-7-8-9-10-12-15-18-25(27)33-24(21-32-34(28,29)30)22-35-20-17-14-11-13-16-19-31-23-26/h23-24H,2-22H2,1H3,(H2,28,29,30)/t24-/m1/s1. The van der Waals surface area contributed by atoms with Crippen LogP contribution in [0.2, 0.25) is 0 Å². The largest absolute Gasteiger partial charge is 0.469 e. The van der Waals surface area contributed by atoms with Crippen molar-refractivity contribution in [1.29, 1.82) is 0 Å². The van der Waals surface area contributed by atoms with Crippen LogP contribution in [0.25, 0.3) is 0 Å². The van der Waals surface area contributed by atoms with Gasteiger partial charge in [0.15, 0.2) is 0 Å². The highest BCUT2D eigenvalue weighted by atomic mass is 32.2. The monoisotopic (exact) mass is 540 g/mol. The Kier molecular flexibility index (Phi) is 24.6. The predicted octanol–water partition coefficient (Wildman–Crippen LogP) is 6.57. The average Bonchev–Trinajstić information content (AvgIpc) is 2.81. The summed E-state index contributed by atoms with van der Waals surface area (Å²) < 4.78 is 25.7. The van der Waals surface area contributed by atoms with Gasteiger partial charge in [0.25, 0.3) is 6.47 Å². The van der Waals surface area contributed by atoms with Crippen molar-refractivity contribution in [2.45, 2.75) is 122 Å². The number of ether oxygens (including phenoxy) is 2. The van der Waals surface area contributed by atoms with E-state index in [0.717, 1.165) is 57.1 Å². The van der Waals surface area contributed by atoms with Crippen molar-refractivity contribution >= 4 is 32.0 Å². The second-order valence-corrected chi connectivity index (χ2v) is 11.4. The van der Waals surface area contributed by atoms with E-state index in [1.165, 1.54) is 51.4 Å². The first-order valence-electron chi connectivity index (χ1n) is 13.4. The Balaban J connectivity index is 3.92. The fraction of sp³-hybridized carbons (Fsp3) is 0.920. The van der Waals surface area contributed by atoms with Gasteiger partial charge in [-0.3, -0.25) is 14.1 Å². The van der Waals surface area contributed by atoms with Gasteiger partial charge in [0, 0.05) is 12.2 Å². The Morgan fingerprint density at radius 2 is 1.40 bits per heavy atom. The first kappa shape index (κ1) is 34.4. The van der Waals surface area contributed by atoms with Gasteiger partial charge in [-0.25, -0.2) is 4.57 Å². The molecule has 2 N–H and O–H groups in total. The molecule has 0 aliphatic rings. The van der Waals surface area contributed by atoms with E-state index in [1.807, 2.05) is 0 Å². The van der Waals surface area contributed by atoms with E-state index in [2.05, 4.69) is 16.2 Å². The number of phosphoric acid groups is 1. The van der Waals surface area contributed by atoms with Crippen LogP contribution < -0.4 is 0 Å². The number of esters is 1. The first-order chi connectivity index (χ1) is 16.9. The van der Waals surface area contributed by atoms with Crippen molar-refractivity contribution in [3.05, 3.63) is 0 Å². The summed E-state index contributed by atoms with van der Waals surface area (Å²) in [5.74, 6) is 0.975. The fourth-order valence-corrected chi connectivity index (χ4v) is 5.02. The minimum atomic E-state index is -4.61. The molecule has 0 saturated carbocycles. The number of hydrogen-bond acceptors (Lipinski definition) is 7. The summed E-state index contributed by atoms with van der Waals surface area (Å²) in [7, 11) is -4.61. The number of thioether (sulfide) groups is 1. The molecule has 1 atom stereocenters. The Morgan fingerprint density at radius 1 is 0.857 bits per heavy atom. The molecule has 0 radical (unpaired) electrons. The third kappa shape index (κ3) is 27.8. The fourth-order valence-electron chi connectivity index (χ4n) is 3.66. The summed E-state index contributed by atoms with van der Waals surface area (Å²) in [4.78, 5) is 40.2. The van der Waals surface area contributed by atoms with Crippen LogP contribution in [-0.4, -0.2) is 53.1 Å². The summed E-state index contributed by atoms with van der Waals surface area (Å²) in [5, 5.41) is 0. The predicted molar refractivity (Wildman–Crippen MR) is 141 cm³/mol. The summed E-state index contributed by atoms with van der Waals surface area (Å²) in [6, 6.07) is 0. The number of hydrogen-bond donors (Lipinski definition) is 2. The minimum Gasteiger partial charge on any atom is -0.468 e. The van der Waals surface area contributed by atoms with Crippen LogP contribution in [-0.2, 0) is 28.2 Å². The number of unbranched alkanes of at least 4 members (excludes halogenated alkanes) is 14. The number of rotatable bonds is 27. The van der Waals surface area contributed by atoms with Crippen LogP contribution in [0.1, 0.15) is 116 Å². The Morgan fingerprint density at radius 3 is 1.97 bits per heavy atom. The third-order valence-corrected chi connectivity index (χ3v) is 7.30. The molecule has 0 rings (SSSR count).